The number of anilines is 3. The van der Waals surface area contributed by atoms with Crippen LogP contribution < -0.4 is 16.0 Å². The quantitative estimate of drug-likeness (QED) is 0.444. The predicted molar refractivity (Wildman–Crippen MR) is 118 cm³/mol. The smallest absolute Gasteiger partial charge is 0.475 e. The van der Waals surface area contributed by atoms with Crippen LogP contribution in [0, 0.1) is 0 Å². The second-order valence-corrected chi connectivity index (χ2v) is 7.35. The van der Waals surface area contributed by atoms with Crippen molar-refractivity contribution in [2.24, 2.45) is 0 Å². The van der Waals surface area contributed by atoms with E-state index in [1.165, 1.54) is 6.07 Å². The first-order chi connectivity index (χ1) is 16.8. The Morgan fingerprint density at radius 1 is 1.06 bits per heavy atom. The van der Waals surface area contributed by atoms with Crippen LogP contribution in [0.3, 0.4) is 0 Å². The van der Waals surface area contributed by atoms with Gasteiger partial charge in [-0.2, -0.15) is 36.3 Å². The van der Waals surface area contributed by atoms with Gasteiger partial charge in [-0.1, -0.05) is 6.07 Å². The molecule has 0 atom stereocenters. The second kappa shape index (κ2) is 10.4. The molecule has 1 saturated heterocycles. The zero-order valence-corrected chi connectivity index (χ0v) is 18.6. The molecule has 0 amide bonds. The fourth-order valence-electron chi connectivity index (χ4n) is 3.47. The van der Waals surface area contributed by atoms with Crippen molar-refractivity contribution in [1.82, 2.24) is 15.0 Å². The summed E-state index contributed by atoms with van der Waals surface area (Å²) < 4.78 is 78.6. The molecular weight excluding hydrogens is 498 g/mol. The summed E-state index contributed by atoms with van der Waals surface area (Å²) in [4.78, 5) is 23.4. The number of benzene rings is 1. The molecule has 2 aromatic heterocycles. The Labute approximate surface area is 199 Å². The van der Waals surface area contributed by atoms with Crippen molar-refractivity contribution < 1.29 is 41.0 Å². The van der Waals surface area contributed by atoms with Crippen LogP contribution in [0.25, 0.3) is 22.3 Å². The first kappa shape index (κ1) is 26.7. The number of carbonyl (C=O) groups is 1. The van der Waals surface area contributed by atoms with Gasteiger partial charge in [-0.05, 0) is 24.3 Å². The summed E-state index contributed by atoms with van der Waals surface area (Å²) in [6.45, 7) is 1.91. The molecule has 4 N–H and O–H groups in total. The number of carboxylic acids is 1. The van der Waals surface area contributed by atoms with Crippen molar-refractivity contribution in [2.75, 3.05) is 49.3 Å². The third-order valence-corrected chi connectivity index (χ3v) is 5.01. The van der Waals surface area contributed by atoms with Crippen LogP contribution in [0.1, 0.15) is 5.56 Å². The van der Waals surface area contributed by atoms with E-state index in [9.17, 15) is 26.3 Å². The maximum absolute atomic E-state index is 13.9. The number of aliphatic carboxylic acids is 1. The lowest BCUT2D eigenvalue weighted by molar-refractivity contribution is -0.192. The van der Waals surface area contributed by atoms with Gasteiger partial charge in [0.15, 0.2) is 5.65 Å². The lowest BCUT2D eigenvalue weighted by atomic mass is 9.99. The van der Waals surface area contributed by atoms with Crippen molar-refractivity contribution in [3.63, 3.8) is 0 Å². The Kier molecular flexibility index (Phi) is 7.71. The van der Waals surface area contributed by atoms with Gasteiger partial charge in [0, 0.05) is 31.4 Å². The Bertz CT molecular complexity index is 1250. The number of nitrogens with one attached hydrogen (secondary N) is 1. The first-order valence-corrected chi connectivity index (χ1v) is 10.3. The number of ether oxygens (including phenoxy) is 1. The van der Waals surface area contributed by atoms with Gasteiger partial charge in [-0.25, -0.2) is 9.78 Å². The molecule has 0 radical (unpaired) electrons. The van der Waals surface area contributed by atoms with E-state index >= 15 is 0 Å². The number of carboxylic acid groups (broad SMARTS) is 1. The summed E-state index contributed by atoms with van der Waals surface area (Å²) in [5.41, 5.74) is 5.87. The monoisotopic (exact) mass is 518 g/mol. The Balaban J connectivity index is 0.000000454. The second-order valence-electron chi connectivity index (χ2n) is 7.35. The summed E-state index contributed by atoms with van der Waals surface area (Å²) in [5, 5.41) is 10.6. The average molecular weight is 518 g/mol. The summed E-state index contributed by atoms with van der Waals surface area (Å²) in [5.74, 6) is -2.31. The van der Waals surface area contributed by atoms with Crippen molar-refractivity contribution in [3.8, 4) is 11.3 Å². The van der Waals surface area contributed by atoms with Crippen molar-refractivity contribution in [3.05, 3.63) is 35.9 Å². The third kappa shape index (κ3) is 6.02. The number of nitrogens with two attached hydrogens (primary N) is 1. The number of nitrogen functional groups attached to an aromatic ring is 1. The first-order valence-electron chi connectivity index (χ1n) is 10.3. The molecule has 3 heterocycles. The van der Waals surface area contributed by atoms with Crippen molar-refractivity contribution >= 4 is 34.5 Å². The molecule has 0 unspecified atom stereocenters. The molecule has 36 heavy (non-hydrogen) atoms. The fraction of sp³-hybridized carbons (Fsp3) is 0.333. The van der Waals surface area contributed by atoms with Crippen LogP contribution in [0.5, 0.6) is 0 Å². The number of halogens is 6. The van der Waals surface area contributed by atoms with Crippen molar-refractivity contribution in [2.45, 2.75) is 12.4 Å². The topological polar surface area (TPSA) is 126 Å². The Hall–Kier alpha value is -3.88. The Morgan fingerprint density at radius 3 is 2.25 bits per heavy atom. The number of rotatable bonds is 3. The zero-order valence-electron chi connectivity index (χ0n) is 18.6. The predicted octanol–water partition coefficient (Wildman–Crippen LogP) is 3.80. The van der Waals surface area contributed by atoms with Crippen LogP contribution in [0.4, 0.5) is 43.8 Å². The summed E-state index contributed by atoms with van der Waals surface area (Å²) >= 11 is 0. The molecule has 1 aliphatic rings. The summed E-state index contributed by atoms with van der Waals surface area (Å²) in [6, 6.07) is 7.36. The normalized spacial score (nSPS) is 14.2. The van der Waals surface area contributed by atoms with Gasteiger partial charge in [-0.3, -0.25) is 0 Å². The molecule has 3 aromatic rings. The molecule has 9 nitrogen and oxygen atoms in total. The standard InChI is InChI=1S/C19H19F3N6O.C2HF3O2/c1-24-16-11-5-6-13(25-17(11)27-18(23)26-16)15-12(19(20,21)22)3-2-4-14(15)28-7-9-29-10-8-28;3-2(4,5)1(6)7/h2-6H,7-10H2,1H3,(H3,23,24,25,26,27);(H,6,7). The van der Waals surface area contributed by atoms with Gasteiger partial charge in [0.25, 0.3) is 0 Å². The maximum atomic E-state index is 13.9. The van der Waals surface area contributed by atoms with Crippen LogP contribution in [0.15, 0.2) is 30.3 Å². The van der Waals surface area contributed by atoms with Gasteiger partial charge in [0.2, 0.25) is 5.95 Å². The molecule has 15 heteroatoms. The number of pyridine rings is 1. The van der Waals surface area contributed by atoms with Crippen LogP contribution in [-0.2, 0) is 15.7 Å². The van der Waals surface area contributed by atoms with Gasteiger partial charge in [0.05, 0.1) is 29.9 Å². The number of nitrogens with zero attached hydrogens (tertiary/aromatic N) is 4. The molecule has 1 aromatic carbocycles. The van der Waals surface area contributed by atoms with Crippen LogP contribution in [0.2, 0.25) is 0 Å². The summed E-state index contributed by atoms with van der Waals surface area (Å²) in [6.07, 6.45) is -9.62. The van der Waals surface area contributed by atoms with E-state index in [4.69, 9.17) is 20.4 Å². The highest BCUT2D eigenvalue weighted by atomic mass is 19.4. The molecule has 194 valence electrons. The van der Waals surface area contributed by atoms with E-state index in [0.717, 1.165) is 6.07 Å². The van der Waals surface area contributed by atoms with Gasteiger partial charge in [-0.15, -0.1) is 0 Å². The van der Waals surface area contributed by atoms with Crippen LogP contribution in [-0.4, -0.2) is 65.6 Å². The van der Waals surface area contributed by atoms with E-state index in [-0.39, 0.29) is 22.9 Å². The largest absolute Gasteiger partial charge is 0.490 e. The highest BCUT2D eigenvalue weighted by Gasteiger charge is 2.38. The molecule has 0 aliphatic carbocycles. The van der Waals surface area contributed by atoms with Gasteiger partial charge < -0.3 is 25.8 Å². The highest BCUT2D eigenvalue weighted by Crippen LogP contribution is 2.42. The molecule has 0 saturated carbocycles. The van der Waals surface area contributed by atoms with E-state index in [1.807, 2.05) is 4.90 Å². The SMILES string of the molecule is CNc1nc(N)nc2nc(-c3c(N4CCOCC4)cccc3C(F)(F)F)ccc12.O=C(O)C(F)(F)F. The number of aromatic nitrogens is 3. The number of alkyl halides is 6. The van der Waals surface area contributed by atoms with E-state index in [2.05, 4.69) is 20.3 Å². The molecule has 1 fully saturated rings. The minimum atomic E-state index is -5.08. The zero-order chi connectivity index (χ0) is 26.7. The summed E-state index contributed by atoms with van der Waals surface area (Å²) in [7, 11) is 1.67. The van der Waals surface area contributed by atoms with Crippen LogP contribution >= 0.6 is 0 Å². The maximum Gasteiger partial charge on any atom is 0.490 e. The van der Waals surface area contributed by atoms with E-state index < -0.39 is 23.9 Å². The average Bonchev–Trinajstić information content (AvgIpc) is 2.82. The number of morpholine rings is 1. The fourth-order valence-corrected chi connectivity index (χ4v) is 3.47. The molecule has 1 aliphatic heterocycles. The number of fused-ring (bicyclic) bond motifs is 1. The van der Waals surface area contributed by atoms with E-state index in [1.54, 1.807) is 25.2 Å². The molecule has 0 spiro atoms. The number of hydrogen-bond donors (Lipinski definition) is 3. The minimum absolute atomic E-state index is 0.0102. The number of hydrogen-bond acceptors (Lipinski definition) is 8. The van der Waals surface area contributed by atoms with Crippen molar-refractivity contribution in [1.29, 1.82) is 0 Å². The lowest BCUT2D eigenvalue weighted by Gasteiger charge is -2.31. The highest BCUT2D eigenvalue weighted by molar-refractivity contribution is 5.90. The lowest BCUT2D eigenvalue weighted by Crippen LogP contribution is -2.36. The minimum Gasteiger partial charge on any atom is -0.475 e. The Morgan fingerprint density at radius 2 is 1.69 bits per heavy atom. The molecule has 4 rings (SSSR count). The third-order valence-electron chi connectivity index (χ3n) is 5.01. The van der Waals surface area contributed by atoms with Gasteiger partial charge >= 0.3 is 18.3 Å². The van der Waals surface area contributed by atoms with E-state index in [0.29, 0.717) is 43.2 Å². The van der Waals surface area contributed by atoms with Gasteiger partial charge in [0.1, 0.15) is 5.82 Å². The molecular formula is C21H20F6N6O3. The molecule has 0 bridgehead atoms.